The number of carbonyl (C=O) groups is 1. The summed E-state index contributed by atoms with van der Waals surface area (Å²) in [6.45, 7) is 7.78. The van der Waals surface area contributed by atoms with E-state index in [0.717, 1.165) is 5.56 Å². The normalized spacial score (nSPS) is 11.7. The first-order valence-electron chi connectivity index (χ1n) is 9.52. The van der Waals surface area contributed by atoms with E-state index >= 15 is 0 Å². The Bertz CT molecular complexity index is 1230. The molecule has 0 radical (unpaired) electrons. The molecule has 3 rings (SSSR count). The van der Waals surface area contributed by atoms with Gasteiger partial charge in [0.2, 0.25) is 5.88 Å². The van der Waals surface area contributed by atoms with Crippen LogP contribution in [-0.2, 0) is 15.4 Å². The number of sulfonamides is 1. The Balaban J connectivity index is 2.01. The molecule has 0 aliphatic carbocycles. The number of pyridine rings is 2. The summed E-state index contributed by atoms with van der Waals surface area (Å²) in [5, 5.41) is -0.360. The molecule has 2 aromatic heterocycles. The number of anilines is 1. The van der Waals surface area contributed by atoms with Gasteiger partial charge in [0.05, 0.1) is 0 Å². The second kappa shape index (κ2) is 8.35. The van der Waals surface area contributed by atoms with Crippen molar-refractivity contribution in [1.82, 2.24) is 14.7 Å². The Morgan fingerprint density at radius 1 is 1.00 bits per heavy atom. The molecule has 0 bridgehead atoms. The Labute approximate surface area is 181 Å². The fraction of sp³-hybridized carbons (Fsp3) is 0.227. The van der Waals surface area contributed by atoms with Crippen LogP contribution in [-0.4, -0.2) is 24.3 Å². The maximum atomic E-state index is 12.9. The van der Waals surface area contributed by atoms with Gasteiger partial charge in [0.25, 0.3) is 15.9 Å². The highest BCUT2D eigenvalue weighted by molar-refractivity contribution is 7.90. The van der Waals surface area contributed by atoms with Crippen LogP contribution in [0.25, 0.3) is 0 Å². The summed E-state index contributed by atoms with van der Waals surface area (Å²) in [6.07, 6.45) is 0. The molecule has 0 saturated heterocycles. The molecule has 0 spiro atoms. The zero-order chi connectivity index (χ0) is 22.8. The number of hydrogen-bond donors (Lipinski definition) is 2. The maximum Gasteiger partial charge on any atom is 0.281 e. The van der Waals surface area contributed by atoms with E-state index in [2.05, 4.69) is 9.97 Å². The third kappa shape index (κ3) is 5.18. The maximum absolute atomic E-state index is 12.9. The number of carbonyl (C=O) groups excluding carboxylic acids is 1. The molecule has 1 amide bonds. The minimum Gasteiger partial charge on any atom is -0.438 e. The van der Waals surface area contributed by atoms with Gasteiger partial charge in [0.1, 0.15) is 17.1 Å². The van der Waals surface area contributed by atoms with Gasteiger partial charge < -0.3 is 10.5 Å². The van der Waals surface area contributed by atoms with Gasteiger partial charge in [0, 0.05) is 11.1 Å². The number of ether oxygens (including phenoxy) is 1. The van der Waals surface area contributed by atoms with Gasteiger partial charge in [-0.25, -0.2) is 14.7 Å². The first kappa shape index (κ1) is 22.2. The van der Waals surface area contributed by atoms with Crippen molar-refractivity contribution in [2.45, 2.75) is 38.1 Å². The Morgan fingerprint density at radius 2 is 1.71 bits per heavy atom. The summed E-state index contributed by atoms with van der Waals surface area (Å²) in [4.78, 5) is 21.2. The minimum absolute atomic E-state index is 0.00922. The second-order valence-electron chi connectivity index (χ2n) is 8.00. The fourth-order valence-corrected chi connectivity index (χ4v) is 3.64. The predicted molar refractivity (Wildman–Crippen MR) is 117 cm³/mol. The van der Waals surface area contributed by atoms with Crippen LogP contribution in [0.1, 0.15) is 42.4 Å². The van der Waals surface area contributed by atoms with Crippen LogP contribution in [0.3, 0.4) is 0 Å². The minimum atomic E-state index is -4.24. The lowest BCUT2D eigenvalue weighted by Crippen LogP contribution is -2.32. The topological polar surface area (TPSA) is 124 Å². The third-order valence-electron chi connectivity index (χ3n) is 4.42. The average molecular weight is 441 g/mol. The van der Waals surface area contributed by atoms with Crippen LogP contribution in [0.15, 0.2) is 59.6 Å². The molecule has 0 atom stereocenters. The number of nitrogen functional groups attached to an aromatic ring is 1. The van der Waals surface area contributed by atoms with Crippen LogP contribution < -0.4 is 15.2 Å². The number of nitrogens with zero attached hydrogens (tertiary/aromatic N) is 2. The zero-order valence-electron chi connectivity index (χ0n) is 17.7. The molecule has 3 N–H and O–H groups in total. The lowest BCUT2D eigenvalue weighted by molar-refractivity contribution is 0.0978. The highest BCUT2D eigenvalue weighted by Crippen LogP contribution is 2.30. The molecule has 2 heterocycles. The third-order valence-corrected chi connectivity index (χ3v) is 5.65. The van der Waals surface area contributed by atoms with Crippen molar-refractivity contribution in [2.75, 3.05) is 5.73 Å². The van der Waals surface area contributed by atoms with Gasteiger partial charge in [-0.15, -0.1) is 0 Å². The van der Waals surface area contributed by atoms with E-state index in [0.29, 0.717) is 11.4 Å². The number of nitrogens with two attached hydrogens (primary N) is 1. The molecule has 3 aromatic rings. The first-order chi connectivity index (χ1) is 14.5. The molecule has 0 fully saturated rings. The lowest BCUT2D eigenvalue weighted by Gasteiger charge is -2.20. The van der Waals surface area contributed by atoms with Gasteiger partial charge >= 0.3 is 0 Å². The number of nitrogens with one attached hydrogen (secondary N) is 1. The highest BCUT2D eigenvalue weighted by Gasteiger charge is 2.26. The molecular formula is C22H24N4O4S. The SMILES string of the molecule is Cc1ccccc1Oc1nc(C(C)(C)C)ccc1C(=O)NS(=O)(=O)c1cccc(N)n1. The van der Waals surface area contributed by atoms with Crippen molar-refractivity contribution in [3.8, 4) is 11.6 Å². The van der Waals surface area contributed by atoms with Crippen molar-refractivity contribution in [1.29, 1.82) is 0 Å². The van der Waals surface area contributed by atoms with Gasteiger partial charge in [-0.05, 0) is 42.8 Å². The van der Waals surface area contributed by atoms with Crippen LogP contribution >= 0.6 is 0 Å². The lowest BCUT2D eigenvalue weighted by atomic mass is 9.91. The largest absolute Gasteiger partial charge is 0.438 e. The molecule has 0 aliphatic heterocycles. The van der Waals surface area contributed by atoms with E-state index < -0.39 is 15.9 Å². The van der Waals surface area contributed by atoms with Crippen LogP contribution in [0.4, 0.5) is 5.82 Å². The monoisotopic (exact) mass is 440 g/mol. The van der Waals surface area contributed by atoms with Gasteiger partial charge in [-0.2, -0.15) is 8.42 Å². The number of benzene rings is 1. The summed E-state index contributed by atoms with van der Waals surface area (Å²) in [7, 11) is -4.24. The summed E-state index contributed by atoms with van der Waals surface area (Å²) < 4.78 is 33.2. The second-order valence-corrected chi connectivity index (χ2v) is 9.63. The Morgan fingerprint density at radius 3 is 2.35 bits per heavy atom. The van der Waals surface area contributed by atoms with Gasteiger partial charge in [0.15, 0.2) is 5.03 Å². The molecule has 9 heteroatoms. The van der Waals surface area contributed by atoms with E-state index in [1.807, 2.05) is 44.5 Å². The summed E-state index contributed by atoms with van der Waals surface area (Å²) in [5.41, 5.74) is 6.76. The summed E-state index contributed by atoms with van der Waals surface area (Å²) >= 11 is 0. The first-order valence-corrected chi connectivity index (χ1v) is 11.0. The number of hydrogen-bond acceptors (Lipinski definition) is 7. The van der Waals surface area contributed by atoms with E-state index in [4.69, 9.17) is 10.5 Å². The summed E-state index contributed by atoms with van der Waals surface area (Å²) in [5.74, 6) is -0.346. The number of aromatic nitrogens is 2. The molecular weight excluding hydrogens is 416 g/mol. The molecule has 0 saturated carbocycles. The molecule has 8 nitrogen and oxygen atoms in total. The number of rotatable bonds is 5. The van der Waals surface area contributed by atoms with Crippen LogP contribution in [0, 0.1) is 6.92 Å². The van der Waals surface area contributed by atoms with E-state index in [1.54, 1.807) is 18.2 Å². The van der Waals surface area contributed by atoms with Gasteiger partial charge in [-0.3, -0.25) is 4.79 Å². The number of amides is 1. The number of aryl methyl sites for hydroxylation is 1. The average Bonchev–Trinajstić information content (AvgIpc) is 2.68. The van der Waals surface area contributed by atoms with Crippen LogP contribution in [0.5, 0.6) is 11.6 Å². The van der Waals surface area contributed by atoms with Crippen molar-refractivity contribution >= 4 is 21.7 Å². The standard InChI is InChI=1S/C22H24N4O4S/c1-14-8-5-6-9-16(14)30-21-15(12-13-17(24-21)22(2,3)4)20(27)26-31(28,29)19-11-7-10-18(23)25-19/h5-13H,1-4H3,(H2,23,25)(H,26,27). The Hall–Kier alpha value is -3.46. The van der Waals surface area contributed by atoms with Crippen LogP contribution in [0.2, 0.25) is 0 Å². The molecule has 0 unspecified atom stereocenters. The van der Waals surface area contributed by atoms with Crippen molar-refractivity contribution < 1.29 is 17.9 Å². The van der Waals surface area contributed by atoms with Crippen molar-refractivity contribution in [3.05, 3.63) is 71.4 Å². The fourth-order valence-electron chi connectivity index (χ4n) is 2.69. The van der Waals surface area contributed by atoms with Crippen molar-refractivity contribution in [2.24, 2.45) is 0 Å². The molecule has 1 aromatic carbocycles. The highest BCUT2D eigenvalue weighted by atomic mass is 32.2. The molecule has 162 valence electrons. The summed E-state index contributed by atoms with van der Waals surface area (Å²) in [6, 6.07) is 14.6. The zero-order valence-corrected chi connectivity index (χ0v) is 18.5. The van der Waals surface area contributed by atoms with Crippen molar-refractivity contribution in [3.63, 3.8) is 0 Å². The van der Waals surface area contributed by atoms with E-state index in [-0.39, 0.29) is 27.7 Å². The van der Waals surface area contributed by atoms with E-state index in [9.17, 15) is 13.2 Å². The molecule has 0 aliphatic rings. The predicted octanol–water partition coefficient (Wildman–Crippen LogP) is 3.58. The quantitative estimate of drug-likeness (QED) is 0.621. The van der Waals surface area contributed by atoms with Gasteiger partial charge in [-0.1, -0.05) is 45.0 Å². The Kier molecular flexibility index (Phi) is 5.99. The molecule has 31 heavy (non-hydrogen) atoms. The van der Waals surface area contributed by atoms with E-state index in [1.165, 1.54) is 24.3 Å². The number of para-hydroxylation sites is 1. The smallest absolute Gasteiger partial charge is 0.281 e.